The van der Waals surface area contributed by atoms with E-state index in [9.17, 15) is 0 Å². The molecular formula is C8H19NO. The molecule has 0 amide bonds. The molecule has 0 rings (SSSR count). The molecule has 0 aliphatic carbocycles. The van der Waals surface area contributed by atoms with E-state index < -0.39 is 0 Å². The highest BCUT2D eigenvalue weighted by Crippen LogP contribution is 2.21. The van der Waals surface area contributed by atoms with Crippen LogP contribution in [0.2, 0.25) is 0 Å². The fraction of sp³-hybridized carbons (Fsp3) is 1.00. The molecule has 0 bridgehead atoms. The molecule has 0 radical (unpaired) electrons. The predicted octanol–water partition coefficient (Wildman–Crippen LogP) is 1.13. The van der Waals surface area contributed by atoms with Gasteiger partial charge in [0.15, 0.2) is 0 Å². The summed E-state index contributed by atoms with van der Waals surface area (Å²) in [6.45, 7) is 6.35. The molecule has 10 heavy (non-hydrogen) atoms. The van der Waals surface area contributed by atoms with Crippen molar-refractivity contribution < 1.29 is 5.11 Å². The molecule has 3 N–H and O–H groups in total. The molecule has 0 aromatic heterocycles. The highest BCUT2D eigenvalue weighted by Gasteiger charge is 2.16. The predicted molar refractivity (Wildman–Crippen MR) is 43.8 cm³/mol. The Labute approximate surface area is 63.4 Å². The summed E-state index contributed by atoms with van der Waals surface area (Å²) in [5.74, 6) is 0. The van der Waals surface area contributed by atoms with Crippen molar-refractivity contribution in [2.24, 2.45) is 11.1 Å². The van der Waals surface area contributed by atoms with Crippen LogP contribution in [0.25, 0.3) is 0 Å². The van der Waals surface area contributed by atoms with Crippen molar-refractivity contribution in [1.82, 2.24) is 0 Å². The molecule has 0 aromatic carbocycles. The van der Waals surface area contributed by atoms with Crippen LogP contribution in [-0.4, -0.2) is 17.8 Å². The van der Waals surface area contributed by atoms with Gasteiger partial charge < -0.3 is 10.8 Å². The second-order valence-corrected chi connectivity index (χ2v) is 3.84. The van der Waals surface area contributed by atoms with Gasteiger partial charge in [-0.05, 0) is 25.2 Å². The van der Waals surface area contributed by atoms with E-state index in [0.717, 1.165) is 12.8 Å². The van der Waals surface area contributed by atoms with Crippen LogP contribution in [0.5, 0.6) is 0 Å². The van der Waals surface area contributed by atoms with Crippen molar-refractivity contribution in [3.63, 3.8) is 0 Å². The van der Waals surface area contributed by atoms with Crippen LogP contribution in [0.3, 0.4) is 0 Å². The van der Waals surface area contributed by atoms with Crippen LogP contribution >= 0.6 is 0 Å². The largest absolute Gasteiger partial charge is 0.396 e. The topological polar surface area (TPSA) is 46.2 Å². The van der Waals surface area contributed by atoms with Gasteiger partial charge in [0.25, 0.3) is 0 Å². The number of nitrogens with two attached hydrogens (primary N) is 1. The van der Waals surface area contributed by atoms with Gasteiger partial charge in [-0.1, -0.05) is 13.8 Å². The minimum Gasteiger partial charge on any atom is -0.396 e. The number of aliphatic hydroxyl groups is 1. The number of aliphatic hydroxyl groups excluding tert-OH is 1. The zero-order chi connectivity index (χ0) is 8.20. The van der Waals surface area contributed by atoms with Crippen LogP contribution in [0.1, 0.15) is 33.6 Å². The Hall–Kier alpha value is -0.0800. The highest BCUT2D eigenvalue weighted by molar-refractivity contribution is 4.68. The van der Waals surface area contributed by atoms with Crippen molar-refractivity contribution in [2.45, 2.75) is 39.7 Å². The molecule has 1 atom stereocenters. The van der Waals surface area contributed by atoms with Crippen molar-refractivity contribution in [2.75, 3.05) is 6.61 Å². The van der Waals surface area contributed by atoms with Gasteiger partial charge >= 0.3 is 0 Å². The van der Waals surface area contributed by atoms with E-state index in [1.54, 1.807) is 0 Å². The van der Waals surface area contributed by atoms with Crippen molar-refractivity contribution in [3.8, 4) is 0 Å². The maximum absolute atomic E-state index is 8.87. The minimum absolute atomic E-state index is 0.0492. The van der Waals surface area contributed by atoms with E-state index in [0.29, 0.717) is 0 Å². The van der Waals surface area contributed by atoms with Crippen LogP contribution in [0.15, 0.2) is 0 Å². The minimum atomic E-state index is 0.0492. The fourth-order valence-corrected chi connectivity index (χ4v) is 0.697. The maximum Gasteiger partial charge on any atom is 0.0482 e. The molecule has 0 aliphatic heterocycles. The third-order valence-corrected chi connectivity index (χ3v) is 1.70. The molecule has 0 aliphatic rings. The lowest BCUT2D eigenvalue weighted by molar-refractivity contribution is 0.146. The van der Waals surface area contributed by atoms with E-state index in [4.69, 9.17) is 10.8 Å². The Morgan fingerprint density at radius 1 is 1.50 bits per heavy atom. The number of rotatable bonds is 4. The monoisotopic (exact) mass is 145 g/mol. The molecule has 0 heterocycles. The first-order valence-electron chi connectivity index (χ1n) is 3.84. The Bertz CT molecular complexity index is 89.3. The summed E-state index contributed by atoms with van der Waals surface area (Å²) < 4.78 is 0. The van der Waals surface area contributed by atoms with Gasteiger partial charge in [-0.3, -0.25) is 0 Å². The molecule has 2 heteroatoms. The average Bonchev–Trinajstić information content (AvgIpc) is 1.85. The third-order valence-electron chi connectivity index (χ3n) is 1.70. The zero-order valence-electron chi connectivity index (χ0n) is 7.22. The third kappa shape index (κ3) is 4.77. The first-order chi connectivity index (χ1) is 4.48. The Morgan fingerprint density at radius 3 is 2.30 bits per heavy atom. The first kappa shape index (κ1) is 9.92. The molecule has 0 spiro atoms. The average molecular weight is 145 g/mol. The summed E-state index contributed by atoms with van der Waals surface area (Å²) in [4.78, 5) is 0. The van der Waals surface area contributed by atoms with Gasteiger partial charge in [0.2, 0.25) is 0 Å². The van der Waals surface area contributed by atoms with Gasteiger partial charge in [0.1, 0.15) is 0 Å². The standard InChI is InChI=1S/C8H19NO/c1-7(9)4-5-8(2,3)6-10/h7,10H,4-6,9H2,1-3H3. The Morgan fingerprint density at radius 2 is 2.00 bits per heavy atom. The van der Waals surface area contributed by atoms with Crippen LogP contribution < -0.4 is 5.73 Å². The summed E-state index contributed by atoms with van der Waals surface area (Å²) in [6, 6.07) is 0.255. The summed E-state index contributed by atoms with van der Waals surface area (Å²) in [5.41, 5.74) is 5.62. The molecule has 1 unspecified atom stereocenters. The molecule has 0 saturated carbocycles. The van der Waals surface area contributed by atoms with Crippen molar-refractivity contribution in [3.05, 3.63) is 0 Å². The van der Waals surface area contributed by atoms with Crippen LogP contribution in [0, 0.1) is 5.41 Å². The molecule has 0 saturated heterocycles. The van der Waals surface area contributed by atoms with Gasteiger partial charge in [0, 0.05) is 12.6 Å². The SMILES string of the molecule is CC(N)CCC(C)(C)CO. The van der Waals surface area contributed by atoms with Crippen LogP contribution in [0.4, 0.5) is 0 Å². The van der Waals surface area contributed by atoms with E-state index in [-0.39, 0.29) is 18.1 Å². The summed E-state index contributed by atoms with van der Waals surface area (Å²) >= 11 is 0. The van der Waals surface area contributed by atoms with E-state index in [2.05, 4.69) is 13.8 Å². The first-order valence-corrected chi connectivity index (χ1v) is 3.84. The van der Waals surface area contributed by atoms with Crippen molar-refractivity contribution in [1.29, 1.82) is 0 Å². The zero-order valence-corrected chi connectivity index (χ0v) is 7.22. The quantitative estimate of drug-likeness (QED) is 0.623. The second-order valence-electron chi connectivity index (χ2n) is 3.84. The number of hydrogen-bond donors (Lipinski definition) is 2. The molecule has 0 fully saturated rings. The smallest absolute Gasteiger partial charge is 0.0482 e. The molecule has 2 nitrogen and oxygen atoms in total. The Kier molecular flexibility index (Phi) is 3.91. The van der Waals surface area contributed by atoms with Gasteiger partial charge in [-0.25, -0.2) is 0 Å². The van der Waals surface area contributed by atoms with Gasteiger partial charge in [-0.15, -0.1) is 0 Å². The van der Waals surface area contributed by atoms with Gasteiger partial charge in [0.05, 0.1) is 0 Å². The molecular weight excluding hydrogens is 126 g/mol. The van der Waals surface area contributed by atoms with E-state index in [1.807, 2.05) is 6.92 Å². The van der Waals surface area contributed by atoms with Gasteiger partial charge in [-0.2, -0.15) is 0 Å². The van der Waals surface area contributed by atoms with E-state index >= 15 is 0 Å². The number of hydrogen-bond acceptors (Lipinski definition) is 2. The molecule has 0 aromatic rings. The normalized spacial score (nSPS) is 15.3. The van der Waals surface area contributed by atoms with E-state index in [1.165, 1.54) is 0 Å². The summed E-state index contributed by atoms with van der Waals surface area (Å²) in [7, 11) is 0. The maximum atomic E-state index is 8.87. The van der Waals surface area contributed by atoms with Crippen molar-refractivity contribution >= 4 is 0 Å². The lowest BCUT2D eigenvalue weighted by Crippen LogP contribution is -2.22. The van der Waals surface area contributed by atoms with Crippen LogP contribution in [-0.2, 0) is 0 Å². The Balaban J connectivity index is 3.46. The lowest BCUT2D eigenvalue weighted by atomic mass is 9.88. The fourth-order valence-electron chi connectivity index (χ4n) is 0.697. The summed E-state index contributed by atoms with van der Waals surface area (Å²) in [6.07, 6.45) is 1.99. The summed E-state index contributed by atoms with van der Waals surface area (Å²) in [5, 5.41) is 8.87. The molecule has 62 valence electrons. The second kappa shape index (κ2) is 3.94. The highest BCUT2D eigenvalue weighted by atomic mass is 16.3. The lowest BCUT2D eigenvalue weighted by Gasteiger charge is -2.22.